The Bertz CT molecular complexity index is 761. The van der Waals surface area contributed by atoms with E-state index in [0.29, 0.717) is 0 Å². The Morgan fingerprint density at radius 1 is 1.12 bits per heavy atom. The summed E-state index contributed by atoms with van der Waals surface area (Å²) in [6.45, 7) is 7.30. The van der Waals surface area contributed by atoms with Crippen LogP contribution in [-0.4, -0.2) is 53.4 Å². The highest BCUT2D eigenvalue weighted by Crippen LogP contribution is 2.35. The molecule has 3 heterocycles. The molecule has 2 aromatic rings. The second kappa shape index (κ2) is 7.82. The van der Waals surface area contributed by atoms with Gasteiger partial charge in [-0.15, -0.1) is 0 Å². The van der Waals surface area contributed by atoms with Crippen molar-refractivity contribution < 1.29 is 4.74 Å². The summed E-state index contributed by atoms with van der Waals surface area (Å²) in [6.07, 6.45) is 0. The van der Waals surface area contributed by atoms with Crippen molar-refractivity contribution >= 4 is 23.5 Å². The lowest BCUT2D eigenvalue weighted by Crippen LogP contribution is -2.37. The lowest BCUT2D eigenvalue weighted by Gasteiger charge is -2.29. The monoisotopic (exact) mass is 371 g/mol. The molecule has 1 aromatic heterocycles. The molecule has 0 amide bonds. The van der Waals surface area contributed by atoms with Gasteiger partial charge in [0.15, 0.2) is 5.82 Å². The maximum Gasteiger partial charge on any atom is 0.161 e. The van der Waals surface area contributed by atoms with E-state index < -0.39 is 0 Å². The van der Waals surface area contributed by atoms with Gasteiger partial charge in [0.2, 0.25) is 0 Å². The molecule has 0 bridgehead atoms. The van der Waals surface area contributed by atoms with Crippen molar-refractivity contribution in [3.8, 4) is 11.4 Å². The molecule has 7 heteroatoms. The summed E-state index contributed by atoms with van der Waals surface area (Å²) < 4.78 is 7.92. The minimum atomic E-state index is 0.762. The third-order valence-electron chi connectivity index (χ3n) is 4.79. The molecule has 0 radical (unpaired) electrons. The number of ether oxygens (including phenoxy) is 1. The topological polar surface area (TPSA) is 53.5 Å². The zero-order valence-corrected chi connectivity index (χ0v) is 16.2. The minimum Gasteiger partial charge on any atom is -0.388 e. The molecule has 1 saturated heterocycles. The number of hydrogen-bond donors (Lipinski definition) is 1. The molecule has 0 unspecified atom stereocenters. The van der Waals surface area contributed by atoms with Gasteiger partial charge in [0.1, 0.15) is 5.82 Å². The second-order valence-electron chi connectivity index (χ2n) is 6.44. The summed E-state index contributed by atoms with van der Waals surface area (Å²) in [7, 11) is 1.93. The summed E-state index contributed by atoms with van der Waals surface area (Å²) in [4.78, 5) is 12.3. The van der Waals surface area contributed by atoms with Crippen molar-refractivity contribution in [3.05, 3.63) is 35.5 Å². The van der Waals surface area contributed by atoms with Gasteiger partial charge in [-0.05, 0) is 24.3 Å². The lowest BCUT2D eigenvalue weighted by atomic mass is 10.1. The van der Waals surface area contributed by atoms with Gasteiger partial charge in [0.05, 0.1) is 25.5 Å². The number of aromatic nitrogens is 2. The summed E-state index contributed by atoms with van der Waals surface area (Å²) in [5, 5.41) is 3.16. The van der Waals surface area contributed by atoms with Crippen LogP contribution in [0.1, 0.15) is 18.2 Å². The van der Waals surface area contributed by atoms with Crippen LogP contribution in [0.15, 0.2) is 24.3 Å². The van der Waals surface area contributed by atoms with Crippen molar-refractivity contribution in [3.63, 3.8) is 0 Å². The molecule has 4 rings (SSSR count). The van der Waals surface area contributed by atoms with Crippen molar-refractivity contribution in [1.29, 1.82) is 0 Å². The SMILES string of the molecule is CCSN1Cc2nc(-c3ccc(NC)cc3)nc(N3CCOCC3)c2C1. The standard InChI is InChI=1S/C19H25N5OS/c1-3-26-24-12-16-17(13-24)21-18(14-4-6-15(20-2)7-5-14)22-19(16)23-8-10-25-11-9-23/h4-7,20H,3,8-13H2,1-2H3. The maximum atomic E-state index is 5.53. The molecule has 6 nitrogen and oxygen atoms in total. The van der Waals surface area contributed by atoms with Crippen LogP contribution in [0.3, 0.4) is 0 Å². The van der Waals surface area contributed by atoms with Crippen molar-refractivity contribution in [1.82, 2.24) is 14.3 Å². The molecule has 1 N–H and O–H groups in total. The highest BCUT2D eigenvalue weighted by molar-refractivity contribution is 7.96. The van der Waals surface area contributed by atoms with Gasteiger partial charge in [-0.25, -0.2) is 14.3 Å². The van der Waals surface area contributed by atoms with E-state index in [9.17, 15) is 0 Å². The van der Waals surface area contributed by atoms with Gasteiger partial charge in [0, 0.05) is 49.2 Å². The van der Waals surface area contributed by atoms with Crippen molar-refractivity contribution in [2.24, 2.45) is 0 Å². The normalized spacial score (nSPS) is 17.4. The molecular formula is C19H25N5OS. The van der Waals surface area contributed by atoms with Crippen molar-refractivity contribution in [2.45, 2.75) is 20.0 Å². The molecule has 0 saturated carbocycles. The Hall–Kier alpha value is -1.83. The first-order valence-electron chi connectivity index (χ1n) is 9.17. The first-order chi connectivity index (χ1) is 12.8. The van der Waals surface area contributed by atoms with Gasteiger partial charge in [-0.2, -0.15) is 0 Å². The van der Waals surface area contributed by atoms with Gasteiger partial charge in [-0.3, -0.25) is 0 Å². The summed E-state index contributed by atoms with van der Waals surface area (Å²) in [6, 6.07) is 8.31. The number of nitrogens with one attached hydrogen (secondary N) is 1. The highest BCUT2D eigenvalue weighted by atomic mass is 32.2. The summed E-state index contributed by atoms with van der Waals surface area (Å²) in [5.41, 5.74) is 4.59. The van der Waals surface area contributed by atoms with Gasteiger partial charge in [0.25, 0.3) is 0 Å². The van der Waals surface area contributed by atoms with E-state index in [4.69, 9.17) is 14.7 Å². The Kier molecular flexibility index (Phi) is 5.28. The fraction of sp³-hybridized carbons (Fsp3) is 0.474. The van der Waals surface area contributed by atoms with Crippen LogP contribution < -0.4 is 10.2 Å². The molecule has 0 atom stereocenters. The molecule has 2 aliphatic rings. The number of anilines is 2. The molecule has 1 aromatic carbocycles. The second-order valence-corrected chi connectivity index (χ2v) is 7.79. The Labute approximate surface area is 159 Å². The number of nitrogens with zero attached hydrogens (tertiary/aromatic N) is 4. The predicted molar refractivity (Wildman–Crippen MR) is 107 cm³/mol. The minimum absolute atomic E-state index is 0.762. The summed E-state index contributed by atoms with van der Waals surface area (Å²) >= 11 is 1.87. The number of rotatable bonds is 5. The van der Waals surface area contributed by atoms with Crippen LogP contribution in [0.2, 0.25) is 0 Å². The number of morpholine rings is 1. The van der Waals surface area contributed by atoms with Crippen LogP contribution in [0.5, 0.6) is 0 Å². The number of benzene rings is 1. The summed E-state index contributed by atoms with van der Waals surface area (Å²) in [5.74, 6) is 2.98. The fourth-order valence-corrected chi connectivity index (χ4v) is 4.23. The lowest BCUT2D eigenvalue weighted by molar-refractivity contribution is 0.122. The first kappa shape index (κ1) is 17.6. The van der Waals surface area contributed by atoms with Crippen LogP contribution in [0.4, 0.5) is 11.5 Å². The fourth-order valence-electron chi connectivity index (χ4n) is 3.43. The van der Waals surface area contributed by atoms with Crippen LogP contribution in [0.25, 0.3) is 11.4 Å². The average molecular weight is 372 g/mol. The van der Waals surface area contributed by atoms with Crippen molar-refractivity contribution in [2.75, 3.05) is 49.3 Å². The van der Waals surface area contributed by atoms with Gasteiger partial charge in [-0.1, -0.05) is 18.9 Å². The van der Waals surface area contributed by atoms with E-state index in [1.807, 2.05) is 19.0 Å². The zero-order valence-electron chi connectivity index (χ0n) is 15.4. The van der Waals surface area contributed by atoms with Gasteiger partial charge < -0.3 is 15.0 Å². The van der Waals surface area contributed by atoms with E-state index >= 15 is 0 Å². The molecular weight excluding hydrogens is 346 g/mol. The largest absolute Gasteiger partial charge is 0.388 e. The Morgan fingerprint density at radius 3 is 2.58 bits per heavy atom. The van der Waals surface area contributed by atoms with Crippen LogP contribution in [-0.2, 0) is 17.8 Å². The Balaban J connectivity index is 1.72. The average Bonchev–Trinajstić information content (AvgIpc) is 3.11. The zero-order chi connectivity index (χ0) is 17.9. The van der Waals surface area contributed by atoms with E-state index in [-0.39, 0.29) is 0 Å². The first-order valence-corrected chi connectivity index (χ1v) is 10.1. The molecule has 1 fully saturated rings. The predicted octanol–water partition coefficient (Wildman–Crippen LogP) is 3.01. The van der Waals surface area contributed by atoms with Gasteiger partial charge >= 0.3 is 0 Å². The van der Waals surface area contributed by atoms with E-state index in [0.717, 1.165) is 73.7 Å². The quantitative estimate of drug-likeness (QED) is 0.811. The maximum absolute atomic E-state index is 5.53. The third-order valence-corrected chi connectivity index (χ3v) is 5.67. The molecule has 2 aliphatic heterocycles. The molecule has 0 spiro atoms. The molecule has 0 aliphatic carbocycles. The van der Waals surface area contributed by atoms with E-state index in [1.54, 1.807) is 0 Å². The van der Waals surface area contributed by atoms with Crippen LogP contribution in [0, 0.1) is 0 Å². The number of fused-ring (bicyclic) bond motifs is 1. The van der Waals surface area contributed by atoms with E-state index in [1.165, 1.54) is 5.56 Å². The number of hydrogen-bond acceptors (Lipinski definition) is 7. The highest BCUT2D eigenvalue weighted by Gasteiger charge is 2.28. The smallest absolute Gasteiger partial charge is 0.161 e. The third kappa shape index (κ3) is 3.51. The van der Waals surface area contributed by atoms with E-state index in [2.05, 4.69) is 45.7 Å². The molecule has 26 heavy (non-hydrogen) atoms. The molecule has 138 valence electrons. The van der Waals surface area contributed by atoms with Crippen LogP contribution >= 0.6 is 11.9 Å². The Morgan fingerprint density at radius 2 is 1.88 bits per heavy atom.